The number of carbonyl (C=O) groups excluding carboxylic acids is 1. The van der Waals surface area contributed by atoms with Crippen LogP contribution < -0.4 is 21.1 Å². The average molecular weight is 524 g/mol. The van der Waals surface area contributed by atoms with Crippen molar-refractivity contribution in [3.05, 3.63) is 65.2 Å². The molecule has 0 radical (unpaired) electrons. The van der Waals surface area contributed by atoms with Gasteiger partial charge in [0.1, 0.15) is 5.75 Å². The van der Waals surface area contributed by atoms with E-state index >= 15 is 0 Å². The zero-order chi connectivity index (χ0) is 26.7. The zero-order valence-electron chi connectivity index (χ0n) is 22.7. The molecule has 0 bridgehead atoms. The predicted octanol–water partition coefficient (Wildman–Crippen LogP) is 5.01. The smallest absolute Gasteiger partial charge is 0.317 e. The van der Waals surface area contributed by atoms with Gasteiger partial charge in [-0.1, -0.05) is 30.8 Å². The fourth-order valence-corrected chi connectivity index (χ4v) is 6.25. The minimum Gasteiger partial charge on any atom is -0.489 e. The van der Waals surface area contributed by atoms with Gasteiger partial charge in [0.25, 0.3) is 0 Å². The van der Waals surface area contributed by atoms with E-state index < -0.39 is 0 Å². The number of nitrogens with one attached hydrogen (secondary N) is 2. The number of likely N-dealkylation sites (tertiary alicyclic amines) is 1. The van der Waals surface area contributed by atoms with Crippen LogP contribution in [0.25, 0.3) is 4.91 Å². The molecule has 1 heterocycles. The van der Waals surface area contributed by atoms with Crippen molar-refractivity contribution in [1.29, 1.82) is 0 Å². The molecule has 2 aromatic carbocycles. The maximum atomic E-state index is 13.0. The Labute approximate surface area is 225 Å². The second kappa shape index (κ2) is 11.8. The Balaban J connectivity index is 1.44. The number of carbonyl (C=O) groups is 1. The predicted molar refractivity (Wildman–Crippen MR) is 155 cm³/mol. The van der Waals surface area contributed by atoms with Gasteiger partial charge >= 0.3 is 6.03 Å². The molecule has 4 N–H and O–H groups in total. The van der Waals surface area contributed by atoms with Gasteiger partial charge in [0.05, 0.1) is 23.2 Å². The van der Waals surface area contributed by atoms with Gasteiger partial charge in [0, 0.05) is 24.0 Å². The van der Waals surface area contributed by atoms with E-state index in [1.807, 2.05) is 37.9 Å². The third kappa shape index (κ3) is 6.25. The molecule has 1 fully saturated rings. The molecule has 200 valence electrons. The lowest BCUT2D eigenvalue weighted by molar-refractivity contribution is 0.199. The first-order valence-electron chi connectivity index (χ1n) is 13.1. The van der Waals surface area contributed by atoms with Gasteiger partial charge in [-0.05, 0) is 88.6 Å². The van der Waals surface area contributed by atoms with Crippen LogP contribution in [0.4, 0.5) is 10.5 Å². The van der Waals surface area contributed by atoms with Crippen molar-refractivity contribution < 1.29 is 9.53 Å². The number of thioether (sulfide) groups is 1. The van der Waals surface area contributed by atoms with E-state index in [4.69, 9.17) is 10.5 Å². The summed E-state index contributed by atoms with van der Waals surface area (Å²) in [6, 6.07) is 12.8. The second-order valence-corrected chi connectivity index (χ2v) is 11.6. The number of ether oxygens (including phenoxy) is 1. The highest BCUT2D eigenvalue weighted by molar-refractivity contribution is 8.08. The highest BCUT2D eigenvalue weighted by atomic mass is 32.2. The lowest BCUT2D eigenvalue weighted by Gasteiger charge is -2.23. The molecule has 7 nitrogen and oxygen atoms in total. The summed E-state index contributed by atoms with van der Waals surface area (Å²) in [7, 11) is 6.10. The maximum absolute atomic E-state index is 13.0. The number of amides is 2. The Hall–Kier alpha value is -2.68. The number of hydrogen-bond acceptors (Lipinski definition) is 6. The summed E-state index contributed by atoms with van der Waals surface area (Å²) in [5.41, 5.74) is 11.6. The van der Waals surface area contributed by atoms with Crippen LogP contribution in [-0.2, 0) is 6.42 Å². The van der Waals surface area contributed by atoms with Crippen molar-refractivity contribution in [2.75, 3.05) is 40.0 Å². The molecule has 3 atom stereocenters. The third-order valence-electron chi connectivity index (χ3n) is 7.27. The number of nitrogens with two attached hydrogens (primary N) is 1. The third-order valence-corrected chi connectivity index (χ3v) is 8.52. The van der Waals surface area contributed by atoms with E-state index in [9.17, 15) is 4.79 Å². The molecule has 2 amide bonds. The molecule has 3 unspecified atom stereocenters. The highest BCUT2D eigenvalue weighted by Crippen LogP contribution is 2.43. The van der Waals surface area contributed by atoms with Crippen LogP contribution in [0.2, 0.25) is 0 Å². The molecule has 37 heavy (non-hydrogen) atoms. The molecule has 1 aliphatic heterocycles. The van der Waals surface area contributed by atoms with Crippen molar-refractivity contribution in [2.24, 2.45) is 0 Å². The Bertz CT molecular complexity index is 1140. The minimum absolute atomic E-state index is 0.00420. The summed E-state index contributed by atoms with van der Waals surface area (Å²) >= 11 is 1.68. The second-order valence-electron chi connectivity index (χ2n) is 10.4. The molecule has 0 saturated carbocycles. The largest absolute Gasteiger partial charge is 0.489 e. The van der Waals surface area contributed by atoms with Gasteiger partial charge in [0.15, 0.2) is 0 Å². The SMILES string of the molecule is C=C(SC(NC)c1ccc(OC(C)C)c(N)c1)c1cccc2c1CCC2NC(=O)N1CCC(N(C)C)C1. The number of benzene rings is 2. The van der Waals surface area contributed by atoms with Crippen LogP contribution >= 0.6 is 11.8 Å². The number of urea groups is 1. The van der Waals surface area contributed by atoms with Crippen LogP contribution in [-0.4, -0.2) is 62.2 Å². The minimum atomic E-state index is -0.00420. The van der Waals surface area contributed by atoms with Gasteiger partial charge in [-0.15, -0.1) is 11.8 Å². The molecule has 1 aliphatic carbocycles. The molecule has 0 aromatic heterocycles. The molecule has 8 heteroatoms. The lowest BCUT2D eigenvalue weighted by Crippen LogP contribution is -2.41. The first-order chi connectivity index (χ1) is 17.7. The summed E-state index contributed by atoms with van der Waals surface area (Å²) in [5, 5.41) is 6.69. The van der Waals surface area contributed by atoms with E-state index in [-0.39, 0.29) is 23.6 Å². The number of likely N-dealkylation sites (N-methyl/N-ethyl adjacent to an activating group) is 1. The van der Waals surface area contributed by atoms with Crippen molar-refractivity contribution in [2.45, 2.75) is 56.7 Å². The fraction of sp³-hybridized carbons (Fsp3) is 0.483. The fourth-order valence-electron chi connectivity index (χ4n) is 5.24. The summed E-state index contributed by atoms with van der Waals surface area (Å²) in [4.78, 5) is 18.1. The number of fused-ring (bicyclic) bond motifs is 1. The summed E-state index contributed by atoms with van der Waals surface area (Å²) in [6.45, 7) is 10.0. The van der Waals surface area contributed by atoms with E-state index in [1.165, 1.54) is 11.1 Å². The zero-order valence-corrected chi connectivity index (χ0v) is 23.5. The first-order valence-corrected chi connectivity index (χ1v) is 14.0. The van der Waals surface area contributed by atoms with Crippen LogP contribution in [0.5, 0.6) is 5.75 Å². The van der Waals surface area contributed by atoms with Crippen LogP contribution in [0.1, 0.15) is 60.4 Å². The molecule has 2 aromatic rings. The van der Waals surface area contributed by atoms with E-state index in [0.717, 1.165) is 48.4 Å². The molecule has 0 spiro atoms. The van der Waals surface area contributed by atoms with Crippen LogP contribution in [0, 0.1) is 0 Å². The molecule has 1 saturated heterocycles. The van der Waals surface area contributed by atoms with Crippen LogP contribution in [0.15, 0.2) is 43.0 Å². The van der Waals surface area contributed by atoms with E-state index in [2.05, 4.69) is 60.5 Å². The van der Waals surface area contributed by atoms with E-state index in [0.29, 0.717) is 17.5 Å². The molecular formula is C29H41N5O2S. The number of nitrogen functional groups attached to an aromatic ring is 1. The Kier molecular flexibility index (Phi) is 8.72. The first kappa shape index (κ1) is 27.4. The van der Waals surface area contributed by atoms with Crippen molar-refractivity contribution in [1.82, 2.24) is 20.4 Å². The monoisotopic (exact) mass is 523 g/mol. The standard InChI is InChI=1S/C29H41N5O2S/c1-18(2)36-27-13-10-20(16-25(27)30)28(31-4)37-19(3)22-8-7-9-24-23(22)11-12-26(24)32-29(35)34-15-14-21(17-34)33(5)6/h7-10,13,16,18,21,26,28,31H,3,11-12,14-15,17,30H2,1-2,4-6H3,(H,32,35). The number of nitrogens with zero attached hydrogens (tertiary/aromatic N) is 2. The van der Waals surface area contributed by atoms with Gasteiger partial charge in [-0.2, -0.15) is 0 Å². The summed E-state index contributed by atoms with van der Waals surface area (Å²) < 4.78 is 5.79. The van der Waals surface area contributed by atoms with Gasteiger partial charge in [-0.25, -0.2) is 4.79 Å². The number of anilines is 1. The Morgan fingerprint density at radius 3 is 2.68 bits per heavy atom. The Morgan fingerprint density at radius 1 is 1.24 bits per heavy atom. The molecule has 2 aliphatic rings. The quantitative estimate of drug-likeness (QED) is 0.317. The van der Waals surface area contributed by atoms with Gasteiger partial charge < -0.3 is 30.9 Å². The number of rotatable bonds is 9. The summed E-state index contributed by atoms with van der Waals surface area (Å²) in [6.07, 6.45) is 2.93. The molecular weight excluding hydrogens is 482 g/mol. The lowest BCUT2D eigenvalue weighted by atomic mass is 10.0. The maximum Gasteiger partial charge on any atom is 0.317 e. The van der Waals surface area contributed by atoms with Crippen LogP contribution in [0.3, 0.4) is 0 Å². The van der Waals surface area contributed by atoms with Gasteiger partial charge in [0.2, 0.25) is 0 Å². The van der Waals surface area contributed by atoms with Crippen molar-refractivity contribution >= 4 is 28.4 Å². The summed E-state index contributed by atoms with van der Waals surface area (Å²) in [5.74, 6) is 0.706. The molecule has 4 rings (SSSR count). The Morgan fingerprint density at radius 2 is 2.03 bits per heavy atom. The van der Waals surface area contributed by atoms with Gasteiger partial charge in [-0.3, -0.25) is 0 Å². The highest BCUT2D eigenvalue weighted by Gasteiger charge is 2.32. The van der Waals surface area contributed by atoms with Crippen molar-refractivity contribution in [3.63, 3.8) is 0 Å². The number of hydrogen-bond donors (Lipinski definition) is 3. The topological polar surface area (TPSA) is 82.9 Å². The average Bonchev–Trinajstić information content (AvgIpc) is 3.51. The normalized spacial score (nSPS) is 19.8. The van der Waals surface area contributed by atoms with Crippen molar-refractivity contribution in [3.8, 4) is 5.75 Å². The van der Waals surface area contributed by atoms with E-state index in [1.54, 1.807) is 11.8 Å².